The van der Waals surface area contributed by atoms with Crippen molar-refractivity contribution in [2.24, 2.45) is 0 Å². The van der Waals surface area contributed by atoms with Crippen LogP contribution >= 0.6 is 24.8 Å². The van der Waals surface area contributed by atoms with Gasteiger partial charge in [-0.05, 0) is 49.7 Å². The number of aromatic nitrogens is 2. The van der Waals surface area contributed by atoms with Crippen LogP contribution in [0.1, 0.15) is 28.0 Å². The molecule has 0 radical (unpaired) electrons. The minimum Gasteiger partial charge on any atom is -0.487 e. The molecule has 6 nitrogen and oxygen atoms in total. The van der Waals surface area contributed by atoms with Crippen LogP contribution in [0.15, 0.2) is 60.4 Å². The zero-order valence-electron chi connectivity index (χ0n) is 16.8. The maximum absolute atomic E-state index is 12.4. The lowest BCUT2D eigenvalue weighted by Gasteiger charge is -2.14. The van der Waals surface area contributed by atoms with Gasteiger partial charge in [-0.25, -0.2) is 4.98 Å². The van der Waals surface area contributed by atoms with Crippen LogP contribution in [0.25, 0.3) is 5.65 Å². The van der Waals surface area contributed by atoms with Crippen LogP contribution in [0.2, 0.25) is 0 Å². The summed E-state index contributed by atoms with van der Waals surface area (Å²) in [6.45, 7) is 4.83. The molecular weight excluding hydrogens is 423 g/mol. The van der Waals surface area contributed by atoms with E-state index in [1.54, 1.807) is 12.1 Å². The molecule has 0 fully saturated rings. The Labute approximate surface area is 188 Å². The number of benzene rings is 1. The molecule has 0 saturated heterocycles. The first-order valence-corrected chi connectivity index (χ1v) is 9.51. The standard InChI is InChI=1S/C22H24N4O2.2ClH/c1-16-5-6-21-25-19(14-26(21)13-16)15-28-20-4-2-3-18(11-20)22(27)24-12-17-7-9-23-10-8-17;;/h2-7,11,13-14,23H,8-10,12,15H2,1H3,(H,24,27);2*1H. The Morgan fingerprint density at radius 1 is 1.23 bits per heavy atom. The summed E-state index contributed by atoms with van der Waals surface area (Å²) in [7, 11) is 0. The molecular formula is C22H26Cl2N4O2. The fourth-order valence-electron chi connectivity index (χ4n) is 3.24. The van der Waals surface area contributed by atoms with Crippen molar-refractivity contribution in [3.63, 3.8) is 0 Å². The number of hydrogen-bond acceptors (Lipinski definition) is 4. The Morgan fingerprint density at radius 3 is 2.90 bits per heavy atom. The molecule has 0 atom stereocenters. The molecule has 1 aliphatic rings. The van der Waals surface area contributed by atoms with Crippen LogP contribution in [0.5, 0.6) is 5.75 Å². The lowest BCUT2D eigenvalue weighted by molar-refractivity contribution is 0.0956. The van der Waals surface area contributed by atoms with E-state index in [2.05, 4.69) is 21.7 Å². The fourth-order valence-corrected chi connectivity index (χ4v) is 3.24. The Morgan fingerprint density at radius 2 is 2.10 bits per heavy atom. The first-order valence-electron chi connectivity index (χ1n) is 9.51. The Balaban J connectivity index is 0.00000160. The molecule has 2 N–H and O–H groups in total. The summed E-state index contributed by atoms with van der Waals surface area (Å²) in [6.07, 6.45) is 7.11. The van der Waals surface area contributed by atoms with E-state index in [-0.39, 0.29) is 30.7 Å². The van der Waals surface area contributed by atoms with Gasteiger partial charge in [0.1, 0.15) is 18.0 Å². The predicted octanol–water partition coefficient (Wildman–Crippen LogP) is 3.71. The molecule has 160 valence electrons. The van der Waals surface area contributed by atoms with E-state index < -0.39 is 0 Å². The van der Waals surface area contributed by atoms with Gasteiger partial charge in [0.15, 0.2) is 0 Å². The molecule has 3 aromatic rings. The van der Waals surface area contributed by atoms with Crippen molar-refractivity contribution < 1.29 is 9.53 Å². The summed E-state index contributed by atoms with van der Waals surface area (Å²) in [5.74, 6) is 0.565. The average molecular weight is 449 g/mol. The van der Waals surface area contributed by atoms with E-state index in [0.29, 0.717) is 24.5 Å². The Kier molecular flexibility index (Phi) is 8.72. The number of carbonyl (C=O) groups excluding carboxylic acids is 1. The molecule has 2 aromatic heterocycles. The minimum atomic E-state index is -0.0897. The van der Waals surface area contributed by atoms with Crippen LogP contribution in [-0.4, -0.2) is 34.9 Å². The minimum absolute atomic E-state index is 0. The fraction of sp³-hybridized carbons (Fsp3) is 0.273. The number of aryl methyl sites for hydroxylation is 1. The van der Waals surface area contributed by atoms with Crippen molar-refractivity contribution in [1.29, 1.82) is 0 Å². The van der Waals surface area contributed by atoms with Crippen LogP contribution in [0.4, 0.5) is 0 Å². The highest BCUT2D eigenvalue weighted by Gasteiger charge is 2.09. The van der Waals surface area contributed by atoms with Crippen LogP contribution in [0, 0.1) is 6.92 Å². The highest BCUT2D eigenvalue weighted by molar-refractivity contribution is 5.94. The molecule has 0 unspecified atom stereocenters. The third-order valence-electron chi connectivity index (χ3n) is 4.77. The number of amides is 1. The number of pyridine rings is 1. The van der Waals surface area contributed by atoms with Gasteiger partial charge in [0.25, 0.3) is 5.91 Å². The largest absolute Gasteiger partial charge is 0.487 e. The maximum atomic E-state index is 12.4. The number of imidazole rings is 1. The van der Waals surface area contributed by atoms with Gasteiger partial charge in [-0.3, -0.25) is 4.79 Å². The summed E-state index contributed by atoms with van der Waals surface area (Å²) < 4.78 is 7.86. The summed E-state index contributed by atoms with van der Waals surface area (Å²) in [5, 5.41) is 6.25. The zero-order valence-corrected chi connectivity index (χ0v) is 18.4. The van der Waals surface area contributed by atoms with Crippen molar-refractivity contribution in [3.05, 3.63) is 77.3 Å². The Hall–Kier alpha value is -2.54. The van der Waals surface area contributed by atoms with E-state index in [9.17, 15) is 4.79 Å². The number of carbonyl (C=O) groups is 1. The number of halogens is 2. The van der Waals surface area contributed by atoms with Gasteiger partial charge < -0.3 is 19.8 Å². The second-order valence-corrected chi connectivity index (χ2v) is 7.02. The first kappa shape index (κ1) is 23.7. The third-order valence-corrected chi connectivity index (χ3v) is 4.77. The number of nitrogens with zero attached hydrogens (tertiary/aromatic N) is 2. The van der Waals surface area contributed by atoms with Gasteiger partial charge in [0, 0.05) is 31.0 Å². The van der Waals surface area contributed by atoms with E-state index in [4.69, 9.17) is 4.74 Å². The van der Waals surface area contributed by atoms with Crippen LogP contribution in [-0.2, 0) is 6.61 Å². The topological polar surface area (TPSA) is 67.7 Å². The molecule has 0 spiro atoms. The monoisotopic (exact) mass is 448 g/mol. The molecule has 30 heavy (non-hydrogen) atoms. The van der Waals surface area contributed by atoms with Crippen molar-refractivity contribution in [1.82, 2.24) is 20.0 Å². The van der Waals surface area contributed by atoms with E-state index >= 15 is 0 Å². The molecule has 4 rings (SSSR count). The smallest absolute Gasteiger partial charge is 0.251 e. The number of fused-ring (bicyclic) bond motifs is 1. The third kappa shape index (κ3) is 5.98. The van der Waals surface area contributed by atoms with Gasteiger partial charge in [0.05, 0.1) is 5.69 Å². The second-order valence-electron chi connectivity index (χ2n) is 7.02. The lowest BCUT2D eigenvalue weighted by atomic mass is 10.1. The number of nitrogens with one attached hydrogen (secondary N) is 2. The van der Waals surface area contributed by atoms with Gasteiger partial charge in [-0.1, -0.05) is 23.8 Å². The number of hydrogen-bond donors (Lipinski definition) is 2. The summed E-state index contributed by atoms with van der Waals surface area (Å²) in [4.78, 5) is 17.0. The first-order chi connectivity index (χ1) is 13.7. The van der Waals surface area contributed by atoms with Crippen molar-refractivity contribution >= 4 is 36.4 Å². The van der Waals surface area contributed by atoms with Crippen molar-refractivity contribution in [3.8, 4) is 5.75 Å². The highest BCUT2D eigenvalue weighted by atomic mass is 35.5. The SMILES string of the molecule is Cc1ccc2nc(COc3cccc(C(=O)NCC4=CCNCC4)c3)cn2c1.Cl.Cl. The molecule has 3 heterocycles. The highest BCUT2D eigenvalue weighted by Crippen LogP contribution is 2.16. The predicted molar refractivity (Wildman–Crippen MR) is 123 cm³/mol. The molecule has 0 saturated carbocycles. The van der Waals surface area contributed by atoms with Gasteiger partial charge in [-0.2, -0.15) is 0 Å². The van der Waals surface area contributed by atoms with Gasteiger partial charge in [0.2, 0.25) is 0 Å². The quantitative estimate of drug-likeness (QED) is 0.563. The molecule has 1 amide bonds. The number of ether oxygens (including phenoxy) is 1. The normalized spacial score (nSPS) is 13.0. The summed E-state index contributed by atoms with van der Waals surface area (Å²) in [6, 6.07) is 11.3. The Bertz CT molecular complexity index is 1030. The van der Waals surface area contributed by atoms with Crippen LogP contribution < -0.4 is 15.4 Å². The van der Waals surface area contributed by atoms with Crippen LogP contribution in [0.3, 0.4) is 0 Å². The van der Waals surface area contributed by atoms with E-state index in [1.807, 2.05) is 48.0 Å². The zero-order chi connectivity index (χ0) is 19.3. The lowest BCUT2D eigenvalue weighted by Crippen LogP contribution is -2.29. The molecule has 0 bridgehead atoms. The average Bonchev–Trinajstić information content (AvgIpc) is 3.13. The second kappa shape index (κ2) is 11.0. The summed E-state index contributed by atoms with van der Waals surface area (Å²) in [5.41, 5.74) is 4.78. The summed E-state index contributed by atoms with van der Waals surface area (Å²) >= 11 is 0. The van der Waals surface area contributed by atoms with Gasteiger partial charge in [-0.15, -0.1) is 24.8 Å². The van der Waals surface area contributed by atoms with E-state index in [1.165, 1.54) is 11.1 Å². The van der Waals surface area contributed by atoms with E-state index in [0.717, 1.165) is 30.9 Å². The maximum Gasteiger partial charge on any atom is 0.251 e. The van der Waals surface area contributed by atoms with Gasteiger partial charge >= 0.3 is 0 Å². The molecule has 8 heteroatoms. The van der Waals surface area contributed by atoms with Crippen molar-refractivity contribution in [2.75, 3.05) is 19.6 Å². The molecule has 1 aliphatic heterocycles. The number of rotatable bonds is 6. The molecule has 1 aromatic carbocycles. The van der Waals surface area contributed by atoms with Crippen molar-refractivity contribution in [2.45, 2.75) is 20.0 Å². The molecule has 0 aliphatic carbocycles.